The van der Waals surface area contributed by atoms with E-state index in [1.165, 1.54) is 6.07 Å². The molecular weight excluding hydrogens is 305 g/mol. The highest BCUT2D eigenvalue weighted by atomic mass is 35.5. The first-order valence-electron chi connectivity index (χ1n) is 7.45. The second-order valence-electron chi connectivity index (χ2n) is 6.00. The van der Waals surface area contributed by atoms with Crippen molar-refractivity contribution in [3.05, 3.63) is 35.1 Å². The molecule has 0 aromatic heterocycles. The summed E-state index contributed by atoms with van der Waals surface area (Å²) in [5, 5.41) is 2.84. The molecule has 0 bridgehead atoms. The third kappa shape index (κ3) is 5.23. The molecule has 1 aliphatic rings. The molecule has 0 radical (unpaired) electrons. The second-order valence-corrected chi connectivity index (χ2v) is 6.00. The number of hydrogen-bond donors (Lipinski definition) is 2. The summed E-state index contributed by atoms with van der Waals surface area (Å²) < 4.78 is 13.4. The second kappa shape index (κ2) is 8.46. The van der Waals surface area contributed by atoms with Crippen molar-refractivity contribution in [2.24, 2.45) is 11.7 Å². The van der Waals surface area contributed by atoms with Gasteiger partial charge in [-0.1, -0.05) is 12.1 Å². The van der Waals surface area contributed by atoms with E-state index in [0.29, 0.717) is 24.6 Å². The maximum Gasteiger partial charge on any atom is 0.234 e. The Morgan fingerprint density at radius 1 is 1.55 bits per heavy atom. The zero-order valence-electron chi connectivity index (χ0n) is 13.1. The van der Waals surface area contributed by atoms with Gasteiger partial charge in [-0.05, 0) is 49.9 Å². The van der Waals surface area contributed by atoms with E-state index in [2.05, 4.69) is 10.2 Å². The van der Waals surface area contributed by atoms with Crippen molar-refractivity contribution in [2.75, 3.05) is 19.6 Å². The molecular formula is C16H25ClFN3O. The van der Waals surface area contributed by atoms with Crippen LogP contribution in [0.5, 0.6) is 0 Å². The lowest BCUT2D eigenvalue weighted by molar-refractivity contribution is -0.122. The van der Waals surface area contributed by atoms with Gasteiger partial charge in [0.2, 0.25) is 5.91 Å². The van der Waals surface area contributed by atoms with E-state index in [0.717, 1.165) is 25.1 Å². The zero-order valence-corrected chi connectivity index (χ0v) is 14.0. The Labute approximate surface area is 137 Å². The van der Waals surface area contributed by atoms with Gasteiger partial charge in [-0.25, -0.2) is 4.39 Å². The number of likely N-dealkylation sites (tertiary alicyclic amines) is 1. The fraction of sp³-hybridized carbons (Fsp3) is 0.562. The topological polar surface area (TPSA) is 58.4 Å². The Hall–Kier alpha value is -1.17. The Morgan fingerprint density at radius 2 is 2.27 bits per heavy atom. The molecule has 4 nitrogen and oxygen atoms in total. The van der Waals surface area contributed by atoms with Crippen molar-refractivity contribution in [1.82, 2.24) is 10.2 Å². The van der Waals surface area contributed by atoms with Gasteiger partial charge in [0.25, 0.3) is 0 Å². The molecule has 0 spiro atoms. The summed E-state index contributed by atoms with van der Waals surface area (Å²) in [6.45, 7) is 6.28. The summed E-state index contributed by atoms with van der Waals surface area (Å²) in [5.41, 5.74) is 7.28. The third-order valence-electron chi connectivity index (χ3n) is 4.15. The van der Waals surface area contributed by atoms with Crippen LogP contribution < -0.4 is 11.1 Å². The van der Waals surface area contributed by atoms with E-state index in [1.54, 1.807) is 13.0 Å². The molecule has 2 unspecified atom stereocenters. The third-order valence-corrected chi connectivity index (χ3v) is 4.15. The van der Waals surface area contributed by atoms with Crippen molar-refractivity contribution >= 4 is 18.3 Å². The average molecular weight is 330 g/mol. The molecule has 1 aromatic carbocycles. The van der Waals surface area contributed by atoms with Gasteiger partial charge < -0.3 is 11.1 Å². The summed E-state index contributed by atoms with van der Waals surface area (Å²) in [7, 11) is 0. The normalized spacial score (nSPS) is 19.5. The van der Waals surface area contributed by atoms with Crippen LogP contribution in [0, 0.1) is 18.7 Å². The fourth-order valence-electron chi connectivity index (χ4n) is 2.64. The Morgan fingerprint density at radius 3 is 2.86 bits per heavy atom. The minimum Gasteiger partial charge on any atom is -0.351 e. The van der Waals surface area contributed by atoms with Crippen molar-refractivity contribution in [2.45, 2.75) is 32.9 Å². The van der Waals surface area contributed by atoms with Crippen LogP contribution in [-0.2, 0) is 11.3 Å². The maximum absolute atomic E-state index is 13.4. The van der Waals surface area contributed by atoms with Crippen LogP contribution in [0.4, 0.5) is 4.39 Å². The first-order chi connectivity index (χ1) is 9.95. The molecule has 6 heteroatoms. The van der Waals surface area contributed by atoms with Crippen molar-refractivity contribution in [3.8, 4) is 0 Å². The van der Waals surface area contributed by atoms with E-state index in [-0.39, 0.29) is 30.2 Å². The van der Waals surface area contributed by atoms with Crippen LogP contribution in [0.3, 0.4) is 0 Å². The number of nitrogens with zero attached hydrogens (tertiary/aromatic N) is 1. The molecule has 124 valence electrons. The first-order valence-corrected chi connectivity index (χ1v) is 7.45. The highest BCUT2D eigenvalue weighted by molar-refractivity contribution is 5.85. The van der Waals surface area contributed by atoms with Crippen molar-refractivity contribution in [1.29, 1.82) is 0 Å². The lowest BCUT2D eigenvalue weighted by atomic mass is 10.0. The Kier molecular flexibility index (Phi) is 7.26. The Balaban J connectivity index is 0.00000242. The number of nitrogens with two attached hydrogens (primary N) is 1. The van der Waals surface area contributed by atoms with Crippen LogP contribution in [0.25, 0.3) is 0 Å². The van der Waals surface area contributed by atoms with Gasteiger partial charge in [-0.2, -0.15) is 0 Å². The molecule has 1 fully saturated rings. The van der Waals surface area contributed by atoms with Crippen LogP contribution in [0.2, 0.25) is 0 Å². The molecule has 2 rings (SSSR count). The van der Waals surface area contributed by atoms with E-state index in [9.17, 15) is 9.18 Å². The van der Waals surface area contributed by atoms with Gasteiger partial charge in [0.1, 0.15) is 5.82 Å². The molecule has 1 amide bonds. The van der Waals surface area contributed by atoms with Gasteiger partial charge in [0, 0.05) is 19.1 Å². The van der Waals surface area contributed by atoms with Gasteiger partial charge in [0.05, 0.1) is 6.54 Å². The molecule has 2 atom stereocenters. The maximum atomic E-state index is 13.4. The van der Waals surface area contributed by atoms with Gasteiger partial charge in [0.15, 0.2) is 0 Å². The number of aryl methyl sites for hydroxylation is 1. The zero-order chi connectivity index (χ0) is 15.4. The highest BCUT2D eigenvalue weighted by Gasteiger charge is 2.26. The molecule has 22 heavy (non-hydrogen) atoms. The summed E-state index contributed by atoms with van der Waals surface area (Å²) in [4.78, 5) is 14.0. The molecule has 1 aliphatic heterocycles. The number of carbonyl (C=O) groups excluding carboxylic acids is 1. The average Bonchev–Trinajstić information content (AvgIpc) is 2.89. The minimum absolute atomic E-state index is 0. The quantitative estimate of drug-likeness (QED) is 0.866. The summed E-state index contributed by atoms with van der Waals surface area (Å²) in [6, 6.07) is 5.21. The summed E-state index contributed by atoms with van der Waals surface area (Å²) in [6.07, 6.45) is 1.05. The first kappa shape index (κ1) is 18.9. The molecule has 3 N–H and O–H groups in total. The molecule has 0 aliphatic carbocycles. The SMILES string of the molecule is Cc1ccc(CNC(=O)CN2CCC(C(C)N)C2)cc1F.Cl. The van der Waals surface area contributed by atoms with Crippen LogP contribution >= 0.6 is 12.4 Å². The van der Waals surface area contributed by atoms with Crippen LogP contribution in [-0.4, -0.2) is 36.5 Å². The molecule has 1 aromatic rings. The number of carbonyl (C=O) groups is 1. The van der Waals surface area contributed by atoms with Crippen LogP contribution in [0.15, 0.2) is 18.2 Å². The highest BCUT2D eigenvalue weighted by Crippen LogP contribution is 2.18. The van der Waals surface area contributed by atoms with E-state index < -0.39 is 0 Å². The van der Waals surface area contributed by atoms with Crippen molar-refractivity contribution < 1.29 is 9.18 Å². The molecule has 1 heterocycles. The lowest BCUT2D eigenvalue weighted by Crippen LogP contribution is -2.37. The van der Waals surface area contributed by atoms with Gasteiger partial charge in [-0.3, -0.25) is 9.69 Å². The number of hydrogen-bond acceptors (Lipinski definition) is 3. The predicted molar refractivity (Wildman–Crippen MR) is 88.4 cm³/mol. The minimum atomic E-state index is -0.235. The van der Waals surface area contributed by atoms with Gasteiger partial charge >= 0.3 is 0 Å². The standard InChI is InChI=1S/C16H24FN3O.ClH/c1-11-3-4-13(7-15(11)17)8-19-16(21)10-20-6-5-14(9-20)12(2)18;/h3-4,7,12,14H,5-6,8-10,18H2,1-2H3,(H,19,21);1H. The van der Waals surface area contributed by atoms with E-state index in [4.69, 9.17) is 5.73 Å². The van der Waals surface area contributed by atoms with Gasteiger partial charge in [-0.15, -0.1) is 12.4 Å². The lowest BCUT2D eigenvalue weighted by Gasteiger charge is -2.17. The molecule has 0 saturated carbocycles. The van der Waals surface area contributed by atoms with Crippen LogP contribution in [0.1, 0.15) is 24.5 Å². The monoisotopic (exact) mass is 329 g/mol. The number of rotatable bonds is 5. The fourth-order valence-corrected chi connectivity index (χ4v) is 2.64. The van der Waals surface area contributed by atoms with Crippen molar-refractivity contribution in [3.63, 3.8) is 0 Å². The van der Waals surface area contributed by atoms with E-state index >= 15 is 0 Å². The number of amides is 1. The number of nitrogens with one attached hydrogen (secondary N) is 1. The summed E-state index contributed by atoms with van der Waals surface area (Å²) in [5.74, 6) is 0.214. The Bertz CT molecular complexity index is 510. The molecule has 1 saturated heterocycles. The predicted octanol–water partition coefficient (Wildman–Crippen LogP) is 1.84. The largest absolute Gasteiger partial charge is 0.351 e. The summed E-state index contributed by atoms with van der Waals surface area (Å²) >= 11 is 0. The smallest absolute Gasteiger partial charge is 0.234 e. The number of halogens is 2. The van der Waals surface area contributed by atoms with E-state index in [1.807, 2.05) is 13.0 Å². The number of benzene rings is 1.